The van der Waals surface area contributed by atoms with Crippen molar-refractivity contribution >= 4 is 22.7 Å². The molecule has 7 nitrogen and oxygen atoms in total. The highest BCUT2D eigenvalue weighted by atomic mass is 16.5. The average Bonchev–Trinajstić information content (AvgIpc) is 3.03. The Labute approximate surface area is 122 Å². The van der Waals surface area contributed by atoms with Crippen LogP contribution in [0, 0.1) is 0 Å². The van der Waals surface area contributed by atoms with Gasteiger partial charge in [0.15, 0.2) is 5.65 Å². The molecule has 0 amide bonds. The number of hydrogen-bond donors (Lipinski definition) is 1. The second-order valence-electron chi connectivity index (χ2n) is 5.37. The number of anilines is 1. The summed E-state index contributed by atoms with van der Waals surface area (Å²) in [7, 11) is 3.70. The number of likely N-dealkylation sites (N-methyl/N-ethyl adjacent to an activating group) is 1. The third-order valence-electron chi connectivity index (χ3n) is 4.15. The highest BCUT2D eigenvalue weighted by Gasteiger charge is 2.31. The van der Waals surface area contributed by atoms with E-state index in [0.717, 1.165) is 11.8 Å². The van der Waals surface area contributed by atoms with Crippen molar-refractivity contribution in [2.45, 2.75) is 25.5 Å². The first-order chi connectivity index (χ1) is 10.0. The van der Waals surface area contributed by atoms with E-state index in [1.165, 1.54) is 6.20 Å². The third-order valence-corrected chi connectivity index (χ3v) is 4.15. The smallest absolute Gasteiger partial charge is 0.339 e. The van der Waals surface area contributed by atoms with Crippen LogP contribution < -0.4 is 4.90 Å². The number of aryl methyl sites for hydroxylation is 1. The van der Waals surface area contributed by atoms with Gasteiger partial charge in [-0.2, -0.15) is 5.10 Å². The van der Waals surface area contributed by atoms with Crippen LogP contribution in [-0.4, -0.2) is 51.6 Å². The van der Waals surface area contributed by atoms with Crippen molar-refractivity contribution in [2.75, 3.05) is 18.6 Å². The van der Waals surface area contributed by atoms with E-state index in [2.05, 4.69) is 10.1 Å². The monoisotopic (exact) mass is 290 g/mol. The summed E-state index contributed by atoms with van der Waals surface area (Å²) in [4.78, 5) is 17.8. The van der Waals surface area contributed by atoms with Crippen LogP contribution in [0.25, 0.3) is 11.0 Å². The van der Waals surface area contributed by atoms with E-state index in [9.17, 15) is 9.90 Å². The summed E-state index contributed by atoms with van der Waals surface area (Å²) in [6.45, 7) is 2.70. The zero-order valence-corrected chi connectivity index (χ0v) is 12.3. The van der Waals surface area contributed by atoms with Gasteiger partial charge in [-0.25, -0.2) is 9.78 Å². The molecule has 3 heterocycles. The molecule has 2 aromatic rings. The SMILES string of the molecule is CC1OCCC1N(C)c1c(C(=O)O)cnc2c1cnn2C. The standard InChI is InChI=1S/C14H18N4O3/c1-8-11(4-5-21-8)17(2)12-9-7-16-18(3)13(9)15-6-10(12)14(19)20/h6-8,11H,4-5H2,1-3H3,(H,19,20). The number of carboxylic acids is 1. The van der Waals surface area contributed by atoms with Gasteiger partial charge in [0.05, 0.1) is 29.4 Å². The van der Waals surface area contributed by atoms with E-state index >= 15 is 0 Å². The molecule has 1 N–H and O–H groups in total. The fourth-order valence-corrected chi connectivity index (χ4v) is 3.01. The Kier molecular flexibility index (Phi) is 3.29. The summed E-state index contributed by atoms with van der Waals surface area (Å²) in [5, 5.41) is 14.4. The van der Waals surface area contributed by atoms with Crippen LogP contribution in [0.3, 0.4) is 0 Å². The fourth-order valence-electron chi connectivity index (χ4n) is 3.01. The van der Waals surface area contributed by atoms with Gasteiger partial charge in [0.25, 0.3) is 0 Å². The van der Waals surface area contributed by atoms with E-state index in [-0.39, 0.29) is 17.7 Å². The molecule has 21 heavy (non-hydrogen) atoms. The molecular weight excluding hydrogens is 272 g/mol. The number of carbonyl (C=O) groups is 1. The van der Waals surface area contributed by atoms with Crippen molar-refractivity contribution < 1.29 is 14.6 Å². The number of aromatic nitrogens is 3. The van der Waals surface area contributed by atoms with E-state index in [1.807, 2.05) is 18.9 Å². The zero-order chi connectivity index (χ0) is 15.1. The Balaban J connectivity index is 2.18. The molecule has 2 aromatic heterocycles. The summed E-state index contributed by atoms with van der Waals surface area (Å²) < 4.78 is 7.25. The van der Waals surface area contributed by atoms with Gasteiger partial charge in [-0.15, -0.1) is 0 Å². The minimum Gasteiger partial charge on any atom is -0.478 e. The van der Waals surface area contributed by atoms with Gasteiger partial charge in [-0.05, 0) is 13.3 Å². The Morgan fingerprint density at radius 1 is 1.52 bits per heavy atom. The predicted octanol–water partition coefficient (Wildman–Crippen LogP) is 1.28. The number of nitrogens with zero attached hydrogens (tertiary/aromatic N) is 4. The van der Waals surface area contributed by atoms with Crippen LogP contribution >= 0.6 is 0 Å². The third kappa shape index (κ3) is 2.13. The molecule has 1 aliphatic heterocycles. The Morgan fingerprint density at radius 2 is 2.29 bits per heavy atom. The first-order valence-corrected chi connectivity index (χ1v) is 6.89. The summed E-state index contributed by atoms with van der Waals surface area (Å²) in [6, 6.07) is 0.147. The lowest BCUT2D eigenvalue weighted by Gasteiger charge is -2.30. The van der Waals surface area contributed by atoms with Gasteiger partial charge in [0, 0.05) is 26.9 Å². The Morgan fingerprint density at radius 3 is 2.90 bits per heavy atom. The molecule has 112 valence electrons. The normalized spacial score (nSPS) is 21.9. The van der Waals surface area contributed by atoms with E-state index in [0.29, 0.717) is 17.9 Å². The number of pyridine rings is 1. The minimum absolute atomic E-state index is 0.0662. The van der Waals surface area contributed by atoms with Crippen molar-refractivity contribution in [3.63, 3.8) is 0 Å². The summed E-state index contributed by atoms with van der Waals surface area (Å²) in [5.41, 5.74) is 1.52. The highest BCUT2D eigenvalue weighted by molar-refractivity contribution is 6.03. The van der Waals surface area contributed by atoms with Crippen LogP contribution in [0.2, 0.25) is 0 Å². The fraction of sp³-hybridized carbons (Fsp3) is 0.500. The van der Waals surface area contributed by atoms with Crippen LogP contribution in [0.15, 0.2) is 12.4 Å². The first kappa shape index (κ1) is 13.8. The van der Waals surface area contributed by atoms with Crippen LogP contribution in [0.1, 0.15) is 23.7 Å². The zero-order valence-electron chi connectivity index (χ0n) is 12.3. The van der Waals surface area contributed by atoms with Gasteiger partial charge >= 0.3 is 5.97 Å². The molecule has 0 aliphatic carbocycles. The maximum Gasteiger partial charge on any atom is 0.339 e. The molecule has 1 fully saturated rings. The van der Waals surface area contributed by atoms with Crippen molar-refractivity contribution in [2.24, 2.45) is 7.05 Å². The van der Waals surface area contributed by atoms with E-state index in [1.54, 1.807) is 17.9 Å². The van der Waals surface area contributed by atoms with E-state index in [4.69, 9.17) is 4.74 Å². The maximum absolute atomic E-state index is 11.5. The second-order valence-corrected chi connectivity index (χ2v) is 5.37. The number of carboxylic acid groups (broad SMARTS) is 1. The molecule has 0 spiro atoms. The van der Waals surface area contributed by atoms with Crippen LogP contribution in [-0.2, 0) is 11.8 Å². The van der Waals surface area contributed by atoms with Gasteiger partial charge in [0.2, 0.25) is 0 Å². The largest absolute Gasteiger partial charge is 0.478 e. The molecule has 0 saturated carbocycles. The van der Waals surface area contributed by atoms with Gasteiger partial charge in [-0.3, -0.25) is 4.68 Å². The molecule has 0 radical (unpaired) electrons. The maximum atomic E-state index is 11.5. The second kappa shape index (κ2) is 5.00. The number of aromatic carboxylic acids is 1. The van der Waals surface area contributed by atoms with Crippen molar-refractivity contribution in [1.29, 1.82) is 0 Å². The molecule has 1 saturated heterocycles. The van der Waals surface area contributed by atoms with Gasteiger partial charge in [-0.1, -0.05) is 0 Å². The highest BCUT2D eigenvalue weighted by Crippen LogP contribution is 2.32. The lowest BCUT2D eigenvalue weighted by molar-refractivity contribution is 0.0696. The number of hydrogen-bond acceptors (Lipinski definition) is 5. The van der Waals surface area contributed by atoms with Crippen molar-refractivity contribution in [3.05, 3.63) is 18.0 Å². The number of fused-ring (bicyclic) bond motifs is 1. The minimum atomic E-state index is -0.985. The summed E-state index contributed by atoms with van der Waals surface area (Å²) in [5.74, 6) is -0.985. The van der Waals surface area contributed by atoms with Gasteiger partial charge < -0.3 is 14.7 Å². The summed E-state index contributed by atoms with van der Waals surface area (Å²) >= 11 is 0. The quantitative estimate of drug-likeness (QED) is 0.917. The molecule has 0 bridgehead atoms. The van der Waals surface area contributed by atoms with Crippen molar-refractivity contribution in [3.8, 4) is 0 Å². The van der Waals surface area contributed by atoms with Gasteiger partial charge in [0.1, 0.15) is 5.56 Å². The molecule has 0 aromatic carbocycles. The van der Waals surface area contributed by atoms with E-state index < -0.39 is 5.97 Å². The predicted molar refractivity (Wildman–Crippen MR) is 77.7 cm³/mol. The van der Waals surface area contributed by atoms with Crippen molar-refractivity contribution in [1.82, 2.24) is 14.8 Å². The summed E-state index contributed by atoms with van der Waals surface area (Å²) in [6.07, 6.45) is 4.01. The molecule has 2 unspecified atom stereocenters. The lowest BCUT2D eigenvalue weighted by atomic mass is 10.1. The molecule has 2 atom stereocenters. The topological polar surface area (TPSA) is 80.5 Å². The number of rotatable bonds is 3. The van der Waals surface area contributed by atoms with Crippen LogP contribution in [0.5, 0.6) is 0 Å². The lowest BCUT2D eigenvalue weighted by Crippen LogP contribution is -2.37. The average molecular weight is 290 g/mol. The Hall–Kier alpha value is -2.15. The molecule has 1 aliphatic rings. The molecule has 7 heteroatoms. The molecular formula is C14H18N4O3. The Bertz CT molecular complexity index is 697. The molecule has 3 rings (SSSR count). The number of ether oxygens (including phenoxy) is 1. The first-order valence-electron chi connectivity index (χ1n) is 6.89. The van der Waals surface area contributed by atoms with Crippen LogP contribution in [0.4, 0.5) is 5.69 Å².